The fraction of sp³-hybridized carbons (Fsp3) is 0.357. The van der Waals surface area contributed by atoms with E-state index in [9.17, 15) is 13.2 Å². The Balaban J connectivity index is 1.52. The Hall–Kier alpha value is -2.59. The third-order valence-electron chi connectivity index (χ3n) is 6.49. The fourth-order valence-corrected chi connectivity index (χ4v) is 4.58. The van der Waals surface area contributed by atoms with Crippen molar-refractivity contribution in [3.63, 3.8) is 0 Å². The summed E-state index contributed by atoms with van der Waals surface area (Å²) in [5, 5.41) is 0. The Morgan fingerprint density at radius 3 is 2.16 bits per heavy atom. The van der Waals surface area contributed by atoms with Gasteiger partial charge in [0, 0.05) is 11.1 Å². The molecule has 1 saturated heterocycles. The smallest absolute Gasteiger partial charge is 0.166 e. The molecular weight excluding hydrogens is 409 g/mol. The zero-order valence-electron chi connectivity index (χ0n) is 18.6. The first-order valence-electron chi connectivity index (χ1n) is 11.5. The zero-order valence-corrected chi connectivity index (χ0v) is 18.6. The number of halogens is 3. The van der Waals surface area contributed by atoms with Crippen LogP contribution in [0.15, 0.2) is 54.6 Å². The van der Waals surface area contributed by atoms with Gasteiger partial charge in [0.15, 0.2) is 11.6 Å². The highest BCUT2D eigenvalue weighted by Gasteiger charge is 2.24. The SMILES string of the molecule is CCCC1CCC(c2ccc(-c3ccc(-c4ccc(CC)c(F)c4F)cc3)cc2F)OC1. The number of benzene rings is 3. The van der Waals surface area contributed by atoms with Gasteiger partial charge < -0.3 is 4.74 Å². The molecule has 1 heterocycles. The van der Waals surface area contributed by atoms with Crippen molar-refractivity contribution in [1.82, 2.24) is 0 Å². The van der Waals surface area contributed by atoms with E-state index in [2.05, 4.69) is 6.92 Å². The van der Waals surface area contributed by atoms with E-state index in [0.29, 0.717) is 35.6 Å². The Morgan fingerprint density at radius 2 is 1.53 bits per heavy atom. The molecule has 0 aliphatic carbocycles. The molecule has 1 nitrogen and oxygen atoms in total. The maximum atomic E-state index is 14.9. The van der Waals surface area contributed by atoms with Crippen LogP contribution in [0.5, 0.6) is 0 Å². The fourth-order valence-electron chi connectivity index (χ4n) is 4.58. The highest BCUT2D eigenvalue weighted by atomic mass is 19.2. The molecule has 1 aliphatic heterocycles. The third kappa shape index (κ3) is 4.61. The van der Waals surface area contributed by atoms with Crippen molar-refractivity contribution >= 4 is 0 Å². The molecule has 4 rings (SSSR count). The van der Waals surface area contributed by atoms with E-state index >= 15 is 0 Å². The zero-order chi connectivity index (χ0) is 22.7. The van der Waals surface area contributed by atoms with Crippen molar-refractivity contribution in [2.45, 2.75) is 52.1 Å². The first kappa shape index (κ1) is 22.6. The summed E-state index contributed by atoms with van der Waals surface area (Å²) in [4.78, 5) is 0. The minimum Gasteiger partial charge on any atom is -0.373 e. The quantitative estimate of drug-likeness (QED) is 0.376. The summed E-state index contributed by atoms with van der Waals surface area (Å²) in [6.07, 6.45) is 4.46. The maximum Gasteiger partial charge on any atom is 0.166 e. The Kier molecular flexibility index (Phi) is 7.00. The van der Waals surface area contributed by atoms with Gasteiger partial charge in [-0.05, 0) is 59.9 Å². The normalized spacial score (nSPS) is 18.7. The lowest BCUT2D eigenvalue weighted by molar-refractivity contribution is -0.0211. The van der Waals surface area contributed by atoms with E-state index in [0.717, 1.165) is 36.8 Å². The van der Waals surface area contributed by atoms with Gasteiger partial charge in [-0.2, -0.15) is 0 Å². The van der Waals surface area contributed by atoms with Crippen molar-refractivity contribution in [2.24, 2.45) is 5.92 Å². The van der Waals surface area contributed by atoms with Crippen LogP contribution in [0.1, 0.15) is 56.8 Å². The molecule has 2 unspecified atom stereocenters. The van der Waals surface area contributed by atoms with Crippen molar-refractivity contribution in [1.29, 1.82) is 0 Å². The Bertz CT molecular complexity index is 1070. The minimum atomic E-state index is -0.832. The van der Waals surface area contributed by atoms with Gasteiger partial charge in [0.25, 0.3) is 0 Å². The summed E-state index contributed by atoms with van der Waals surface area (Å²) in [6.45, 7) is 4.66. The van der Waals surface area contributed by atoms with E-state index in [1.165, 1.54) is 6.07 Å². The second-order valence-electron chi connectivity index (χ2n) is 8.62. The molecule has 0 saturated carbocycles. The molecule has 0 amide bonds. The highest BCUT2D eigenvalue weighted by Crippen LogP contribution is 2.35. The first-order valence-corrected chi connectivity index (χ1v) is 11.5. The van der Waals surface area contributed by atoms with E-state index < -0.39 is 11.6 Å². The summed E-state index contributed by atoms with van der Waals surface area (Å²) in [6, 6.07) is 15.5. The number of hydrogen-bond donors (Lipinski definition) is 0. The van der Waals surface area contributed by atoms with Crippen LogP contribution in [0.4, 0.5) is 13.2 Å². The van der Waals surface area contributed by atoms with Crippen LogP contribution >= 0.6 is 0 Å². The summed E-state index contributed by atoms with van der Waals surface area (Å²) >= 11 is 0. The van der Waals surface area contributed by atoms with E-state index in [4.69, 9.17) is 4.74 Å². The summed E-state index contributed by atoms with van der Waals surface area (Å²) in [5.74, 6) is -1.32. The first-order chi connectivity index (χ1) is 15.5. The lowest BCUT2D eigenvalue weighted by Gasteiger charge is -2.29. The molecule has 0 radical (unpaired) electrons. The molecule has 0 spiro atoms. The Labute approximate surface area is 188 Å². The largest absolute Gasteiger partial charge is 0.373 e. The molecule has 168 valence electrons. The molecule has 0 aromatic heterocycles. The monoisotopic (exact) mass is 438 g/mol. The average Bonchev–Trinajstić information content (AvgIpc) is 2.82. The molecule has 3 aromatic carbocycles. The molecular formula is C28H29F3O. The van der Waals surface area contributed by atoms with Crippen molar-refractivity contribution in [3.05, 3.63) is 83.2 Å². The van der Waals surface area contributed by atoms with Gasteiger partial charge in [-0.15, -0.1) is 0 Å². The highest BCUT2D eigenvalue weighted by molar-refractivity contribution is 5.71. The Morgan fingerprint density at radius 1 is 0.812 bits per heavy atom. The van der Waals surface area contributed by atoms with Crippen LogP contribution in [0.3, 0.4) is 0 Å². The van der Waals surface area contributed by atoms with Crippen LogP contribution in [-0.2, 0) is 11.2 Å². The molecule has 1 aliphatic rings. The van der Waals surface area contributed by atoms with E-state index in [1.54, 1.807) is 43.3 Å². The summed E-state index contributed by atoms with van der Waals surface area (Å²) in [7, 11) is 0. The summed E-state index contributed by atoms with van der Waals surface area (Å²) < 4.78 is 49.5. The van der Waals surface area contributed by atoms with Gasteiger partial charge in [0.05, 0.1) is 12.7 Å². The van der Waals surface area contributed by atoms with Gasteiger partial charge in [0.2, 0.25) is 0 Å². The van der Waals surface area contributed by atoms with Gasteiger partial charge >= 0.3 is 0 Å². The maximum absolute atomic E-state index is 14.9. The number of hydrogen-bond acceptors (Lipinski definition) is 1. The van der Waals surface area contributed by atoms with Crippen LogP contribution in [0.2, 0.25) is 0 Å². The molecule has 2 atom stereocenters. The molecule has 3 aromatic rings. The molecule has 4 heteroatoms. The molecule has 32 heavy (non-hydrogen) atoms. The second-order valence-corrected chi connectivity index (χ2v) is 8.62. The number of aryl methyl sites for hydroxylation is 1. The third-order valence-corrected chi connectivity index (χ3v) is 6.49. The van der Waals surface area contributed by atoms with Crippen LogP contribution in [0, 0.1) is 23.4 Å². The number of rotatable bonds is 6. The van der Waals surface area contributed by atoms with Gasteiger partial charge in [-0.3, -0.25) is 0 Å². The number of ether oxygens (including phenoxy) is 1. The van der Waals surface area contributed by atoms with Crippen molar-refractivity contribution in [2.75, 3.05) is 6.61 Å². The lowest BCUT2D eigenvalue weighted by atomic mass is 9.91. The molecule has 0 N–H and O–H groups in total. The van der Waals surface area contributed by atoms with Gasteiger partial charge in [-0.1, -0.05) is 68.8 Å². The van der Waals surface area contributed by atoms with Gasteiger partial charge in [0.1, 0.15) is 5.82 Å². The standard InChI is InChI=1S/C28H29F3O/c1-3-5-18-6-15-26(32-17-18)24-14-12-22(16-25(24)29)20-7-9-21(10-8-20)23-13-11-19(4-2)27(30)28(23)31/h7-14,16,18,26H,3-6,15,17H2,1-2H3. The van der Waals surface area contributed by atoms with Crippen LogP contribution in [0.25, 0.3) is 22.3 Å². The topological polar surface area (TPSA) is 9.23 Å². The minimum absolute atomic E-state index is 0.191. The summed E-state index contributed by atoms with van der Waals surface area (Å²) in [5.41, 5.74) is 3.34. The lowest BCUT2D eigenvalue weighted by Crippen LogP contribution is -2.21. The predicted octanol–water partition coefficient (Wildman–Crippen LogP) is 8.27. The average molecular weight is 439 g/mol. The van der Waals surface area contributed by atoms with Crippen LogP contribution in [-0.4, -0.2) is 6.61 Å². The van der Waals surface area contributed by atoms with E-state index in [-0.39, 0.29) is 17.5 Å². The molecule has 0 bridgehead atoms. The predicted molar refractivity (Wildman–Crippen MR) is 123 cm³/mol. The van der Waals surface area contributed by atoms with Crippen molar-refractivity contribution in [3.8, 4) is 22.3 Å². The van der Waals surface area contributed by atoms with Crippen molar-refractivity contribution < 1.29 is 17.9 Å². The second kappa shape index (κ2) is 9.91. The van der Waals surface area contributed by atoms with Gasteiger partial charge in [-0.25, -0.2) is 13.2 Å². The van der Waals surface area contributed by atoms with Crippen LogP contribution < -0.4 is 0 Å². The molecule has 1 fully saturated rings. The van der Waals surface area contributed by atoms with E-state index in [1.807, 2.05) is 12.1 Å².